The number of para-hydroxylation sites is 1. The number of aromatic nitrogens is 2. The van der Waals surface area contributed by atoms with Crippen molar-refractivity contribution in [1.29, 1.82) is 0 Å². The first-order chi connectivity index (χ1) is 15.7. The summed E-state index contributed by atoms with van der Waals surface area (Å²) in [5.74, 6) is 1.37. The first kappa shape index (κ1) is 20.1. The molecule has 0 saturated heterocycles. The number of anilines is 1. The third-order valence-electron chi connectivity index (χ3n) is 5.49. The number of ether oxygens (including phenoxy) is 2. The highest BCUT2D eigenvalue weighted by molar-refractivity contribution is 7.14. The SMILES string of the molecule is COc1ccc(-c2csc(N/N=C/c3ccc4c(c3)c3ccccc3n4C)n2)cc1OC. The smallest absolute Gasteiger partial charge is 0.203 e. The Morgan fingerprint density at radius 3 is 2.59 bits per heavy atom. The lowest BCUT2D eigenvalue weighted by molar-refractivity contribution is 0.355. The molecule has 0 bridgehead atoms. The fraction of sp³-hybridized carbons (Fsp3) is 0.120. The molecule has 0 aliphatic heterocycles. The van der Waals surface area contributed by atoms with Gasteiger partial charge in [0.05, 0.1) is 26.1 Å². The van der Waals surface area contributed by atoms with Crippen LogP contribution in [0.25, 0.3) is 33.1 Å². The number of aryl methyl sites for hydroxylation is 1. The Bertz CT molecular complexity index is 1450. The summed E-state index contributed by atoms with van der Waals surface area (Å²) in [4.78, 5) is 4.63. The minimum atomic E-state index is 0.675. The monoisotopic (exact) mass is 442 g/mol. The molecule has 2 heterocycles. The van der Waals surface area contributed by atoms with Crippen molar-refractivity contribution in [2.45, 2.75) is 0 Å². The molecule has 0 saturated carbocycles. The molecule has 0 radical (unpaired) electrons. The first-order valence-electron chi connectivity index (χ1n) is 10.1. The highest BCUT2D eigenvalue weighted by atomic mass is 32.1. The molecule has 0 amide bonds. The zero-order chi connectivity index (χ0) is 22.1. The van der Waals surface area contributed by atoms with Crippen LogP contribution in [-0.2, 0) is 7.05 Å². The lowest BCUT2D eigenvalue weighted by Crippen LogP contribution is -1.92. The fourth-order valence-electron chi connectivity index (χ4n) is 3.88. The Balaban J connectivity index is 1.35. The van der Waals surface area contributed by atoms with E-state index in [2.05, 4.69) is 69.6 Å². The van der Waals surface area contributed by atoms with E-state index < -0.39 is 0 Å². The first-order valence-corrected chi connectivity index (χ1v) is 11.0. The predicted octanol–water partition coefficient (Wildman–Crippen LogP) is 5.92. The van der Waals surface area contributed by atoms with E-state index >= 15 is 0 Å². The van der Waals surface area contributed by atoms with Crippen molar-refractivity contribution in [1.82, 2.24) is 9.55 Å². The van der Waals surface area contributed by atoms with Gasteiger partial charge in [0.15, 0.2) is 11.5 Å². The van der Waals surface area contributed by atoms with Gasteiger partial charge in [0.25, 0.3) is 0 Å². The molecule has 7 heteroatoms. The summed E-state index contributed by atoms with van der Waals surface area (Å²) in [5.41, 5.74) is 8.30. The number of fused-ring (bicyclic) bond motifs is 3. The summed E-state index contributed by atoms with van der Waals surface area (Å²) in [6.45, 7) is 0. The zero-order valence-corrected chi connectivity index (χ0v) is 18.8. The summed E-state index contributed by atoms with van der Waals surface area (Å²) >= 11 is 1.50. The van der Waals surface area contributed by atoms with E-state index in [4.69, 9.17) is 9.47 Å². The third kappa shape index (κ3) is 3.56. The molecule has 0 unspecified atom stereocenters. The molecule has 0 fully saturated rings. The van der Waals surface area contributed by atoms with Gasteiger partial charge in [-0.2, -0.15) is 5.10 Å². The van der Waals surface area contributed by atoms with Crippen LogP contribution >= 0.6 is 11.3 Å². The zero-order valence-electron chi connectivity index (χ0n) is 18.0. The standard InChI is InChI=1S/C25H22N4O2S/c1-29-21-7-5-4-6-18(21)19-12-16(8-10-22(19)29)14-26-28-25-27-20(15-32-25)17-9-11-23(30-2)24(13-17)31-3/h4-15H,1-3H3,(H,27,28)/b26-14+. The van der Waals surface area contributed by atoms with Crippen molar-refractivity contribution in [2.75, 3.05) is 19.6 Å². The number of hydrogen-bond donors (Lipinski definition) is 1. The van der Waals surface area contributed by atoms with Crippen molar-refractivity contribution < 1.29 is 9.47 Å². The quantitative estimate of drug-likeness (QED) is 0.262. The molecule has 0 atom stereocenters. The summed E-state index contributed by atoms with van der Waals surface area (Å²) < 4.78 is 12.9. The molecule has 160 valence electrons. The Kier molecular flexibility index (Phi) is 5.25. The summed E-state index contributed by atoms with van der Waals surface area (Å²) in [7, 11) is 5.34. The van der Waals surface area contributed by atoms with Crippen LogP contribution in [0.1, 0.15) is 5.56 Å². The minimum absolute atomic E-state index is 0.675. The van der Waals surface area contributed by atoms with Crippen molar-refractivity contribution in [2.24, 2.45) is 12.1 Å². The van der Waals surface area contributed by atoms with Crippen molar-refractivity contribution in [3.8, 4) is 22.8 Å². The predicted molar refractivity (Wildman–Crippen MR) is 132 cm³/mol. The van der Waals surface area contributed by atoms with E-state index in [1.54, 1.807) is 14.2 Å². The Morgan fingerprint density at radius 1 is 0.938 bits per heavy atom. The van der Waals surface area contributed by atoms with Crippen LogP contribution in [0.5, 0.6) is 11.5 Å². The number of hydrazone groups is 1. The molecule has 0 aliphatic rings. The van der Waals surface area contributed by atoms with Gasteiger partial charge in [-0.3, -0.25) is 5.43 Å². The molecular weight excluding hydrogens is 420 g/mol. The number of rotatable bonds is 6. The maximum Gasteiger partial charge on any atom is 0.203 e. The Morgan fingerprint density at radius 2 is 1.75 bits per heavy atom. The molecule has 0 aliphatic carbocycles. The Hall–Kier alpha value is -3.84. The number of thiazole rings is 1. The van der Waals surface area contributed by atoms with Gasteiger partial charge in [-0.25, -0.2) is 4.98 Å². The molecule has 5 rings (SSSR count). The summed E-state index contributed by atoms with van der Waals surface area (Å²) in [5, 5.41) is 9.56. The Labute approximate surface area is 189 Å². The van der Waals surface area contributed by atoms with Crippen molar-refractivity contribution >= 4 is 44.5 Å². The second kappa shape index (κ2) is 8.36. The van der Waals surface area contributed by atoms with Gasteiger partial charge >= 0.3 is 0 Å². The van der Waals surface area contributed by atoms with E-state index in [-0.39, 0.29) is 0 Å². The molecule has 5 aromatic rings. The maximum atomic E-state index is 5.39. The number of benzene rings is 3. The van der Waals surface area contributed by atoms with Gasteiger partial charge in [-0.1, -0.05) is 24.3 Å². The average molecular weight is 443 g/mol. The van der Waals surface area contributed by atoms with E-state index in [1.807, 2.05) is 29.8 Å². The van der Waals surface area contributed by atoms with Crippen LogP contribution in [0, 0.1) is 0 Å². The van der Waals surface area contributed by atoms with Gasteiger partial charge in [0.1, 0.15) is 0 Å². The normalized spacial score (nSPS) is 11.5. The number of methoxy groups -OCH3 is 2. The maximum absolute atomic E-state index is 5.39. The van der Waals surface area contributed by atoms with Gasteiger partial charge in [0, 0.05) is 39.8 Å². The largest absolute Gasteiger partial charge is 0.493 e. The van der Waals surface area contributed by atoms with Gasteiger partial charge in [-0.15, -0.1) is 11.3 Å². The molecule has 32 heavy (non-hydrogen) atoms. The highest BCUT2D eigenvalue weighted by Crippen LogP contribution is 2.33. The minimum Gasteiger partial charge on any atom is -0.493 e. The van der Waals surface area contributed by atoms with Crippen LogP contribution < -0.4 is 14.9 Å². The van der Waals surface area contributed by atoms with Crippen molar-refractivity contribution in [3.05, 3.63) is 71.6 Å². The molecule has 1 N–H and O–H groups in total. The fourth-order valence-corrected chi connectivity index (χ4v) is 4.55. The lowest BCUT2D eigenvalue weighted by atomic mass is 10.1. The molecule has 6 nitrogen and oxygen atoms in total. The van der Waals surface area contributed by atoms with E-state index in [0.717, 1.165) is 22.0 Å². The second-order valence-corrected chi connectivity index (χ2v) is 8.19. The summed E-state index contributed by atoms with van der Waals surface area (Å²) in [6.07, 6.45) is 1.82. The number of nitrogens with one attached hydrogen (secondary N) is 1. The lowest BCUT2D eigenvalue weighted by Gasteiger charge is -2.08. The molecule has 2 aromatic heterocycles. The van der Waals surface area contributed by atoms with Crippen LogP contribution in [0.4, 0.5) is 5.13 Å². The van der Waals surface area contributed by atoms with Gasteiger partial charge in [-0.05, 0) is 42.0 Å². The topological polar surface area (TPSA) is 60.7 Å². The van der Waals surface area contributed by atoms with Gasteiger partial charge < -0.3 is 14.0 Å². The van der Waals surface area contributed by atoms with Crippen LogP contribution in [-0.4, -0.2) is 30.0 Å². The number of nitrogens with zero attached hydrogens (tertiary/aromatic N) is 3. The van der Waals surface area contributed by atoms with Crippen LogP contribution in [0.3, 0.4) is 0 Å². The molecule has 0 spiro atoms. The van der Waals surface area contributed by atoms with E-state index in [0.29, 0.717) is 11.5 Å². The van der Waals surface area contributed by atoms with Crippen LogP contribution in [0.15, 0.2) is 71.1 Å². The molecular formula is C25H22N4O2S. The van der Waals surface area contributed by atoms with Gasteiger partial charge in [0.2, 0.25) is 5.13 Å². The second-order valence-electron chi connectivity index (χ2n) is 7.33. The molecule has 3 aromatic carbocycles. The number of hydrogen-bond acceptors (Lipinski definition) is 6. The average Bonchev–Trinajstić information content (AvgIpc) is 3.42. The van der Waals surface area contributed by atoms with E-state index in [9.17, 15) is 0 Å². The van der Waals surface area contributed by atoms with E-state index in [1.165, 1.54) is 33.1 Å². The third-order valence-corrected chi connectivity index (χ3v) is 6.24. The summed E-state index contributed by atoms with van der Waals surface area (Å²) in [6, 6.07) is 20.6. The highest BCUT2D eigenvalue weighted by Gasteiger charge is 2.10. The van der Waals surface area contributed by atoms with Crippen molar-refractivity contribution in [3.63, 3.8) is 0 Å². The van der Waals surface area contributed by atoms with Crippen LogP contribution in [0.2, 0.25) is 0 Å².